The number of fused-ring (bicyclic) bond motifs is 1. The summed E-state index contributed by atoms with van der Waals surface area (Å²) >= 11 is 1.31. The Morgan fingerprint density at radius 1 is 1.21 bits per heavy atom. The highest BCUT2D eigenvalue weighted by atomic mass is 32.2. The molecule has 28 heavy (non-hydrogen) atoms. The third-order valence-electron chi connectivity index (χ3n) is 4.42. The van der Waals surface area contributed by atoms with Crippen LogP contribution in [-0.4, -0.2) is 32.2 Å². The number of para-hydroxylation sites is 1. The Bertz CT molecular complexity index is 1040. The number of rotatable bonds is 7. The van der Waals surface area contributed by atoms with Crippen molar-refractivity contribution < 1.29 is 9.59 Å². The summed E-state index contributed by atoms with van der Waals surface area (Å²) in [5.74, 6) is -0.322. The summed E-state index contributed by atoms with van der Waals surface area (Å²) in [5, 5.41) is 7.40. The van der Waals surface area contributed by atoms with Crippen LogP contribution in [0.5, 0.6) is 0 Å². The maximum Gasteiger partial charge on any atom is 0.227 e. The first-order chi connectivity index (χ1) is 13.3. The van der Waals surface area contributed by atoms with Crippen molar-refractivity contribution in [2.45, 2.75) is 38.5 Å². The molecule has 146 valence electrons. The zero-order chi connectivity index (χ0) is 20.3. The fourth-order valence-corrected chi connectivity index (χ4v) is 3.85. The molecule has 0 saturated carbocycles. The van der Waals surface area contributed by atoms with Crippen molar-refractivity contribution in [3.63, 3.8) is 0 Å². The summed E-state index contributed by atoms with van der Waals surface area (Å²) in [4.78, 5) is 28.9. The first-order valence-corrected chi connectivity index (χ1v) is 9.96. The maximum atomic E-state index is 12.5. The predicted molar refractivity (Wildman–Crippen MR) is 111 cm³/mol. The molecule has 3 N–H and O–H groups in total. The molecule has 2 heterocycles. The number of amides is 2. The van der Waals surface area contributed by atoms with E-state index in [1.165, 1.54) is 11.8 Å². The van der Waals surface area contributed by atoms with Crippen LogP contribution in [0.3, 0.4) is 0 Å². The van der Waals surface area contributed by atoms with Gasteiger partial charge in [0.1, 0.15) is 0 Å². The highest BCUT2D eigenvalue weighted by molar-refractivity contribution is 8.00. The minimum Gasteiger partial charge on any atom is -0.369 e. The number of thioether (sulfide) groups is 1. The molecule has 0 fully saturated rings. The van der Waals surface area contributed by atoms with Crippen LogP contribution < -0.4 is 11.1 Å². The quantitative estimate of drug-likeness (QED) is 0.597. The van der Waals surface area contributed by atoms with Crippen molar-refractivity contribution in [2.75, 3.05) is 11.1 Å². The van der Waals surface area contributed by atoms with E-state index in [9.17, 15) is 9.59 Å². The molecular formula is C20H23N5O2S. The molecule has 0 aliphatic heterocycles. The largest absolute Gasteiger partial charge is 0.369 e. The van der Waals surface area contributed by atoms with Gasteiger partial charge in [-0.25, -0.2) is 9.50 Å². The van der Waals surface area contributed by atoms with E-state index in [4.69, 9.17) is 5.73 Å². The Kier molecular flexibility index (Phi) is 5.99. The molecule has 0 spiro atoms. The number of hydrogen-bond donors (Lipinski definition) is 2. The van der Waals surface area contributed by atoms with Crippen LogP contribution >= 0.6 is 11.8 Å². The van der Waals surface area contributed by atoms with E-state index >= 15 is 0 Å². The van der Waals surface area contributed by atoms with Crippen molar-refractivity contribution >= 4 is 34.9 Å². The lowest BCUT2D eigenvalue weighted by atomic mass is 10.1. The van der Waals surface area contributed by atoms with Gasteiger partial charge in [0, 0.05) is 28.8 Å². The number of nitrogens with one attached hydrogen (secondary N) is 1. The number of carbonyl (C=O) groups excluding carboxylic acids is 2. The molecular weight excluding hydrogens is 374 g/mol. The minimum atomic E-state index is -0.395. The number of nitrogens with zero attached hydrogens (tertiary/aromatic N) is 3. The number of aromatic nitrogens is 3. The molecule has 8 heteroatoms. The lowest BCUT2D eigenvalue weighted by Gasteiger charge is -2.12. The SMILES string of the molecule is Cc1cc2nc(C)c(CCC(=O)Nc3ccccc3SCC(N)=O)c(C)n2n1. The Balaban J connectivity index is 1.70. The average molecular weight is 398 g/mol. The summed E-state index contributed by atoms with van der Waals surface area (Å²) in [6.07, 6.45) is 0.895. The standard InChI is InChI=1S/C20H23N5O2S/c1-12-10-19-22-13(2)15(14(3)25(19)24-12)8-9-20(27)23-16-6-4-5-7-17(16)28-11-18(21)26/h4-7,10H,8-9,11H2,1-3H3,(H2,21,26)(H,23,27). The molecule has 0 bridgehead atoms. The average Bonchev–Trinajstić information content (AvgIpc) is 3.01. The number of benzene rings is 1. The smallest absolute Gasteiger partial charge is 0.227 e. The lowest BCUT2D eigenvalue weighted by Crippen LogP contribution is -2.16. The molecule has 0 aliphatic carbocycles. The molecule has 0 atom stereocenters. The van der Waals surface area contributed by atoms with E-state index in [0.29, 0.717) is 18.5 Å². The molecule has 3 rings (SSSR count). The van der Waals surface area contributed by atoms with E-state index < -0.39 is 5.91 Å². The molecule has 0 saturated heterocycles. The van der Waals surface area contributed by atoms with E-state index in [1.807, 2.05) is 55.6 Å². The van der Waals surface area contributed by atoms with Gasteiger partial charge < -0.3 is 11.1 Å². The van der Waals surface area contributed by atoms with E-state index in [-0.39, 0.29) is 11.7 Å². The van der Waals surface area contributed by atoms with Gasteiger partial charge in [0.2, 0.25) is 11.8 Å². The summed E-state index contributed by atoms with van der Waals surface area (Å²) in [6, 6.07) is 9.32. The summed E-state index contributed by atoms with van der Waals surface area (Å²) in [6.45, 7) is 5.89. The molecule has 0 aliphatic rings. The van der Waals surface area contributed by atoms with Gasteiger partial charge in [-0.2, -0.15) is 5.10 Å². The summed E-state index contributed by atoms with van der Waals surface area (Å²) in [5.41, 5.74) is 10.6. The van der Waals surface area contributed by atoms with Gasteiger partial charge in [-0.3, -0.25) is 9.59 Å². The first-order valence-electron chi connectivity index (χ1n) is 8.97. The third kappa shape index (κ3) is 4.51. The summed E-state index contributed by atoms with van der Waals surface area (Å²) < 4.78 is 1.82. The Morgan fingerprint density at radius 2 is 1.96 bits per heavy atom. The zero-order valence-electron chi connectivity index (χ0n) is 16.2. The monoisotopic (exact) mass is 397 g/mol. The van der Waals surface area contributed by atoms with Gasteiger partial charge in [0.15, 0.2) is 5.65 Å². The number of anilines is 1. The molecule has 7 nitrogen and oxygen atoms in total. The van der Waals surface area contributed by atoms with Crippen molar-refractivity contribution in [2.24, 2.45) is 5.73 Å². The normalized spacial score (nSPS) is 11.0. The lowest BCUT2D eigenvalue weighted by molar-refractivity contribution is -0.116. The fourth-order valence-electron chi connectivity index (χ4n) is 3.10. The molecule has 1 aromatic carbocycles. The number of hydrogen-bond acceptors (Lipinski definition) is 5. The van der Waals surface area contributed by atoms with Crippen LogP contribution in [0.25, 0.3) is 5.65 Å². The van der Waals surface area contributed by atoms with Gasteiger partial charge in [-0.1, -0.05) is 12.1 Å². The zero-order valence-corrected chi connectivity index (χ0v) is 17.0. The second-order valence-electron chi connectivity index (χ2n) is 6.62. The van der Waals surface area contributed by atoms with E-state index in [1.54, 1.807) is 0 Å². The van der Waals surface area contributed by atoms with Crippen molar-refractivity contribution in [1.82, 2.24) is 14.6 Å². The Morgan fingerprint density at radius 3 is 2.71 bits per heavy atom. The molecule has 3 aromatic rings. The van der Waals surface area contributed by atoms with Crippen molar-refractivity contribution in [1.29, 1.82) is 0 Å². The second-order valence-corrected chi connectivity index (χ2v) is 7.63. The maximum absolute atomic E-state index is 12.5. The fraction of sp³-hybridized carbons (Fsp3) is 0.300. The summed E-state index contributed by atoms with van der Waals surface area (Å²) in [7, 11) is 0. The molecule has 2 amide bonds. The van der Waals surface area contributed by atoms with Gasteiger partial charge in [0.25, 0.3) is 0 Å². The van der Waals surface area contributed by atoms with Gasteiger partial charge in [-0.15, -0.1) is 11.8 Å². The van der Waals surface area contributed by atoms with Crippen molar-refractivity contribution in [3.8, 4) is 0 Å². The number of primary amides is 1. The Labute approximate surface area is 167 Å². The van der Waals surface area contributed by atoms with Crippen LogP contribution in [-0.2, 0) is 16.0 Å². The predicted octanol–water partition coefficient (Wildman–Crippen LogP) is 2.80. The van der Waals surface area contributed by atoms with Gasteiger partial charge in [-0.05, 0) is 44.9 Å². The van der Waals surface area contributed by atoms with Crippen LogP contribution in [0.2, 0.25) is 0 Å². The van der Waals surface area contributed by atoms with Crippen LogP contribution in [0, 0.1) is 20.8 Å². The highest BCUT2D eigenvalue weighted by Crippen LogP contribution is 2.27. The number of nitrogens with two attached hydrogens (primary N) is 1. The molecule has 0 unspecified atom stereocenters. The highest BCUT2D eigenvalue weighted by Gasteiger charge is 2.14. The molecule has 2 aromatic heterocycles. The van der Waals surface area contributed by atoms with Gasteiger partial charge >= 0.3 is 0 Å². The number of aryl methyl sites for hydroxylation is 3. The third-order valence-corrected chi connectivity index (χ3v) is 5.52. The van der Waals surface area contributed by atoms with Crippen molar-refractivity contribution in [3.05, 3.63) is 53.0 Å². The number of carbonyl (C=O) groups is 2. The van der Waals surface area contributed by atoms with E-state index in [2.05, 4.69) is 15.4 Å². The van der Waals surface area contributed by atoms with Crippen LogP contribution in [0.1, 0.15) is 29.1 Å². The van der Waals surface area contributed by atoms with E-state index in [0.717, 1.165) is 33.2 Å². The first kappa shape index (κ1) is 19.9. The van der Waals surface area contributed by atoms with Gasteiger partial charge in [0.05, 0.1) is 17.1 Å². The van der Waals surface area contributed by atoms with Crippen LogP contribution in [0.15, 0.2) is 35.2 Å². The molecule has 0 radical (unpaired) electrons. The Hall–Kier alpha value is -2.87. The second kappa shape index (κ2) is 8.43. The van der Waals surface area contributed by atoms with Crippen LogP contribution in [0.4, 0.5) is 5.69 Å². The minimum absolute atomic E-state index is 0.0948. The topological polar surface area (TPSA) is 102 Å².